The standard InChI is InChI=1S/C12H20N4/c1-9(2)6-16-8-15(3)7-10-11(13)4-5-14-12(10)16/h4-5,9H,6-8H2,1-3H3,(H2,13,14). The summed E-state index contributed by atoms with van der Waals surface area (Å²) in [6, 6.07) is 1.88. The number of fused-ring (bicyclic) bond motifs is 1. The Labute approximate surface area is 97.1 Å². The zero-order chi connectivity index (χ0) is 11.7. The highest BCUT2D eigenvalue weighted by molar-refractivity contribution is 5.61. The van der Waals surface area contributed by atoms with Crippen molar-refractivity contribution in [2.75, 3.05) is 30.9 Å². The van der Waals surface area contributed by atoms with Gasteiger partial charge < -0.3 is 10.6 Å². The summed E-state index contributed by atoms with van der Waals surface area (Å²) in [5, 5.41) is 0. The molecular formula is C12H20N4. The number of aromatic nitrogens is 1. The van der Waals surface area contributed by atoms with Gasteiger partial charge in [0.05, 0.1) is 6.67 Å². The van der Waals surface area contributed by atoms with Crippen molar-refractivity contribution < 1.29 is 0 Å². The molecule has 1 aromatic rings. The quantitative estimate of drug-likeness (QED) is 0.821. The average Bonchev–Trinajstić information content (AvgIpc) is 2.18. The molecule has 0 unspecified atom stereocenters. The number of nitrogen functional groups attached to an aromatic ring is 1. The third-order valence-corrected chi connectivity index (χ3v) is 2.79. The van der Waals surface area contributed by atoms with E-state index in [0.717, 1.165) is 36.8 Å². The molecule has 4 nitrogen and oxygen atoms in total. The third kappa shape index (κ3) is 2.11. The predicted molar refractivity (Wildman–Crippen MR) is 67.2 cm³/mol. The molecule has 0 saturated carbocycles. The predicted octanol–water partition coefficient (Wildman–Crippen LogP) is 1.53. The molecule has 2 rings (SSSR count). The minimum Gasteiger partial charge on any atom is -0.398 e. The van der Waals surface area contributed by atoms with E-state index in [0.29, 0.717) is 5.92 Å². The second kappa shape index (κ2) is 4.29. The lowest BCUT2D eigenvalue weighted by atomic mass is 10.1. The summed E-state index contributed by atoms with van der Waals surface area (Å²) in [6.45, 7) is 7.29. The molecule has 0 atom stereocenters. The molecule has 0 bridgehead atoms. The Bertz CT molecular complexity index is 375. The number of rotatable bonds is 2. The Kier molecular flexibility index (Phi) is 3.01. The van der Waals surface area contributed by atoms with Crippen LogP contribution in [0.2, 0.25) is 0 Å². The van der Waals surface area contributed by atoms with Gasteiger partial charge in [0.15, 0.2) is 0 Å². The molecule has 1 aliphatic heterocycles. The molecule has 0 aromatic carbocycles. The lowest BCUT2D eigenvalue weighted by Crippen LogP contribution is -2.42. The summed E-state index contributed by atoms with van der Waals surface area (Å²) in [4.78, 5) is 9.04. The lowest BCUT2D eigenvalue weighted by molar-refractivity contribution is 0.302. The largest absolute Gasteiger partial charge is 0.398 e. The van der Waals surface area contributed by atoms with Gasteiger partial charge in [-0.2, -0.15) is 0 Å². The van der Waals surface area contributed by atoms with E-state index < -0.39 is 0 Å². The van der Waals surface area contributed by atoms with Crippen molar-refractivity contribution in [3.63, 3.8) is 0 Å². The Hall–Kier alpha value is -1.29. The van der Waals surface area contributed by atoms with Crippen LogP contribution in [0.5, 0.6) is 0 Å². The number of nitrogens with two attached hydrogens (primary N) is 1. The number of hydrogen-bond acceptors (Lipinski definition) is 4. The van der Waals surface area contributed by atoms with E-state index in [1.165, 1.54) is 0 Å². The molecule has 88 valence electrons. The maximum absolute atomic E-state index is 6.00. The SMILES string of the molecule is CC(C)CN1CN(C)Cc2c(N)ccnc21. The second-order valence-corrected chi connectivity index (χ2v) is 4.97. The second-order valence-electron chi connectivity index (χ2n) is 4.97. The number of hydrogen-bond donors (Lipinski definition) is 1. The van der Waals surface area contributed by atoms with Gasteiger partial charge in [0, 0.05) is 30.5 Å². The Balaban J connectivity index is 2.34. The van der Waals surface area contributed by atoms with Crippen LogP contribution in [0.4, 0.5) is 11.5 Å². The van der Waals surface area contributed by atoms with Crippen LogP contribution in [0.1, 0.15) is 19.4 Å². The zero-order valence-electron chi connectivity index (χ0n) is 10.3. The number of pyridine rings is 1. The van der Waals surface area contributed by atoms with Crippen LogP contribution in [0.3, 0.4) is 0 Å². The first-order chi connectivity index (χ1) is 7.58. The minimum atomic E-state index is 0.627. The van der Waals surface area contributed by atoms with E-state index in [2.05, 4.69) is 35.7 Å². The van der Waals surface area contributed by atoms with Gasteiger partial charge in [-0.1, -0.05) is 13.8 Å². The molecule has 0 amide bonds. The summed E-state index contributed by atoms with van der Waals surface area (Å²) < 4.78 is 0. The van der Waals surface area contributed by atoms with Gasteiger partial charge in [-0.15, -0.1) is 0 Å². The Morgan fingerprint density at radius 2 is 2.25 bits per heavy atom. The van der Waals surface area contributed by atoms with E-state index in [4.69, 9.17) is 5.73 Å². The van der Waals surface area contributed by atoms with Gasteiger partial charge in [-0.05, 0) is 19.0 Å². The fourth-order valence-electron chi connectivity index (χ4n) is 2.19. The molecule has 4 heteroatoms. The van der Waals surface area contributed by atoms with Crippen molar-refractivity contribution in [3.05, 3.63) is 17.8 Å². The fourth-order valence-corrected chi connectivity index (χ4v) is 2.19. The van der Waals surface area contributed by atoms with Gasteiger partial charge in [0.1, 0.15) is 5.82 Å². The highest BCUT2D eigenvalue weighted by atomic mass is 15.3. The van der Waals surface area contributed by atoms with Gasteiger partial charge >= 0.3 is 0 Å². The van der Waals surface area contributed by atoms with E-state index >= 15 is 0 Å². The maximum Gasteiger partial charge on any atom is 0.136 e. The molecular weight excluding hydrogens is 200 g/mol. The number of nitrogens with zero attached hydrogens (tertiary/aromatic N) is 3. The first-order valence-corrected chi connectivity index (χ1v) is 5.74. The van der Waals surface area contributed by atoms with E-state index in [1.807, 2.05) is 6.07 Å². The van der Waals surface area contributed by atoms with Crippen LogP contribution >= 0.6 is 0 Å². The molecule has 0 aliphatic carbocycles. The summed E-state index contributed by atoms with van der Waals surface area (Å²) in [6.07, 6.45) is 1.80. The average molecular weight is 220 g/mol. The Morgan fingerprint density at radius 3 is 2.94 bits per heavy atom. The number of anilines is 2. The molecule has 0 radical (unpaired) electrons. The monoisotopic (exact) mass is 220 g/mol. The van der Waals surface area contributed by atoms with Gasteiger partial charge in [-0.25, -0.2) is 4.98 Å². The van der Waals surface area contributed by atoms with Crippen LogP contribution in [-0.2, 0) is 6.54 Å². The molecule has 1 aromatic heterocycles. The maximum atomic E-state index is 6.00. The van der Waals surface area contributed by atoms with Gasteiger partial charge in [0.25, 0.3) is 0 Å². The fraction of sp³-hybridized carbons (Fsp3) is 0.583. The molecule has 0 saturated heterocycles. The van der Waals surface area contributed by atoms with Crippen LogP contribution in [-0.4, -0.2) is 30.1 Å². The molecule has 1 aliphatic rings. The van der Waals surface area contributed by atoms with E-state index in [9.17, 15) is 0 Å². The Morgan fingerprint density at radius 1 is 1.50 bits per heavy atom. The third-order valence-electron chi connectivity index (χ3n) is 2.79. The van der Waals surface area contributed by atoms with Gasteiger partial charge in [0.2, 0.25) is 0 Å². The van der Waals surface area contributed by atoms with E-state index in [1.54, 1.807) is 6.20 Å². The topological polar surface area (TPSA) is 45.4 Å². The summed E-state index contributed by atoms with van der Waals surface area (Å²) in [5.74, 6) is 1.69. The van der Waals surface area contributed by atoms with Crippen molar-refractivity contribution in [1.82, 2.24) is 9.88 Å². The summed E-state index contributed by atoms with van der Waals surface area (Å²) in [7, 11) is 2.11. The summed E-state index contributed by atoms with van der Waals surface area (Å²) >= 11 is 0. The van der Waals surface area contributed by atoms with Crippen LogP contribution < -0.4 is 10.6 Å². The highest BCUT2D eigenvalue weighted by Gasteiger charge is 2.23. The first kappa shape index (κ1) is 11.2. The normalized spacial score (nSPS) is 16.6. The van der Waals surface area contributed by atoms with Crippen molar-refractivity contribution in [2.24, 2.45) is 5.92 Å². The summed E-state index contributed by atoms with van der Waals surface area (Å²) in [5.41, 5.74) is 8.02. The van der Waals surface area contributed by atoms with E-state index in [-0.39, 0.29) is 0 Å². The minimum absolute atomic E-state index is 0.627. The van der Waals surface area contributed by atoms with Crippen LogP contribution in [0, 0.1) is 5.92 Å². The van der Waals surface area contributed by atoms with Crippen molar-refractivity contribution >= 4 is 11.5 Å². The molecule has 2 N–H and O–H groups in total. The smallest absolute Gasteiger partial charge is 0.136 e. The molecule has 0 spiro atoms. The van der Waals surface area contributed by atoms with Crippen LogP contribution in [0.25, 0.3) is 0 Å². The zero-order valence-corrected chi connectivity index (χ0v) is 10.3. The highest BCUT2D eigenvalue weighted by Crippen LogP contribution is 2.28. The van der Waals surface area contributed by atoms with Crippen molar-refractivity contribution in [3.8, 4) is 0 Å². The van der Waals surface area contributed by atoms with Crippen molar-refractivity contribution in [1.29, 1.82) is 0 Å². The molecule has 2 heterocycles. The first-order valence-electron chi connectivity index (χ1n) is 5.74. The molecule has 16 heavy (non-hydrogen) atoms. The van der Waals surface area contributed by atoms with Gasteiger partial charge in [-0.3, -0.25) is 4.90 Å². The molecule has 0 fully saturated rings. The van der Waals surface area contributed by atoms with Crippen molar-refractivity contribution in [2.45, 2.75) is 20.4 Å². The lowest BCUT2D eigenvalue weighted by Gasteiger charge is -2.36. The van der Waals surface area contributed by atoms with Crippen LogP contribution in [0.15, 0.2) is 12.3 Å².